The maximum absolute atomic E-state index is 12.8. The summed E-state index contributed by atoms with van der Waals surface area (Å²) < 4.78 is 74.7. The molecule has 0 spiro atoms. The van der Waals surface area contributed by atoms with Gasteiger partial charge in [0.2, 0.25) is 10.0 Å². The Bertz CT molecular complexity index is 1320. The fourth-order valence-electron chi connectivity index (χ4n) is 2.78. The minimum Gasteiger partial charge on any atom is -0.508 e. The van der Waals surface area contributed by atoms with E-state index in [2.05, 4.69) is 0 Å². The number of carbonyl (C=O) groups excluding carboxylic acids is 1. The molecule has 2 N–H and O–H groups in total. The van der Waals surface area contributed by atoms with Crippen molar-refractivity contribution in [2.45, 2.75) is 24.1 Å². The van der Waals surface area contributed by atoms with E-state index < -0.39 is 51.2 Å². The van der Waals surface area contributed by atoms with E-state index in [1.807, 2.05) is 4.72 Å². The SMILES string of the molecule is O=C(CCNS(=O)(=O)c1cccc(C(F)(F)F)c1)OCc1cc(=O)oc2cc(O)ccc12. The number of nitrogens with one attached hydrogen (secondary N) is 1. The van der Waals surface area contributed by atoms with E-state index >= 15 is 0 Å². The average Bonchev–Trinajstić information content (AvgIpc) is 2.71. The number of alkyl halides is 3. The number of hydrogen-bond acceptors (Lipinski definition) is 7. The third-order valence-corrected chi connectivity index (χ3v) is 5.75. The van der Waals surface area contributed by atoms with E-state index in [4.69, 9.17) is 9.15 Å². The van der Waals surface area contributed by atoms with Gasteiger partial charge in [0.1, 0.15) is 17.9 Å². The van der Waals surface area contributed by atoms with Crippen LogP contribution in [0.2, 0.25) is 0 Å². The molecule has 1 aromatic heterocycles. The predicted octanol–water partition coefficient (Wildman–Crippen LogP) is 2.93. The van der Waals surface area contributed by atoms with Gasteiger partial charge in [-0.1, -0.05) is 6.07 Å². The number of halogens is 3. The second-order valence-corrected chi connectivity index (χ2v) is 8.37. The Kier molecular flexibility index (Phi) is 6.55. The molecule has 1 heterocycles. The monoisotopic (exact) mass is 471 g/mol. The Morgan fingerprint density at radius 2 is 1.88 bits per heavy atom. The van der Waals surface area contributed by atoms with Gasteiger partial charge in [-0.25, -0.2) is 17.9 Å². The van der Waals surface area contributed by atoms with E-state index in [0.717, 1.165) is 24.3 Å². The van der Waals surface area contributed by atoms with Gasteiger partial charge in [-0.15, -0.1) is 0 Å². The molecule has 3 aromatic rings. The Labute approximate surface area is 179 Å². The molecule has 0 aliphatic rings. The van der Waals surface area contributed by atoms with Crippen LogP contribution in [0.25, 0.3) is 11.0 Å². The first-order chi connectivity index (χ1) is 15.0. The lowest BCUT2D eigenvalue weighted by molar-refractivity contribution is -0.144. The van der Waals surface area contributed by atoms with Crippen molar-refractivity contribution in [1.29, 1.82) is 0 Å². The maximum atomic E-state index is 12.8. The lowest BCUT2D eigenvalue weighted by Crippen LogP contribution is -2.27. The molecule has 2 aromatic carbocycles. The molecule has 0 bridgehead atoms. The largest absolute Gasteiger partial charge is 0.508 e. The summed E-state index contributed by atoms with van der Waals surface area (Å²) in [4.78, 5) is 23.0. The van der Waals surface area contributed by atoms with Gasteiger partial charge in [-0.05, 0) is 30.3 Å². The summed E-state index contributed by atoms with van der Waals surface area (Å²) in [7, 11) is -4.28. The maximum Gasteiger partial charge on any atom is 0.416 e. The number of rotatable bonds is 7. The van der Waals surface area contributed by atoms with Crippen molar-refractivity contribution < 1.29 is 40.6 Å². The van der Waals surface area contributed by atoms with Crippen LogP contribution in [0.4, 0.5) is 13.2 Å². The highest BCUT2D eigenvalue weighted by Crippen LogP contribution is 2.30. The van der Waals surface area contributed by atoms with Gasteiger partial charge in [0.15, 0.2) is 0 Å². The summed E-state index contributed by atoms with van der Waals surface area (Å²) >= 11 is 0. The minimum absolute atomic E-state index is 0.0948. The molecular formula is C20H16F3NO7S. The van der Waals surface area contributed by atoms with E-state index in [1.54, 1.807) is 0 Å². The van der Waals surface area contributed by atoms with Gasteiger partial charge in [-0.2, -0.15) is 13.2 Å². The molecular weight excluding hydrogens is 455 g/mol. The highest BCUT2D eigenvalue weighted by Gasteiger charge is 2.31. The topological polar surface area (TPSA) is 123 Å². The number of benzene rings is 2. The molecule has 0 amide bonds. The van der Waals surface area contributed by atoms with Crippen molar-refractivity contribution in [3.05, 3.63) is 70.1 Å². The molecule has 0 atom stereocenters. The number of phenols is 1. The van der Waals surface area contributed by atoms with Crippen LogP contribution in [0.5, 0.6) is 5.75 Å². The smallest absolute Gasteiger partial charge is 0.416 e. The Morgan fingerprint density at radius 3 is 2.59 bits per heavy atom. The molecule has 0 aliphatic heterocycles. The summed E-state index contributed by atoms with van der Waals surface area (Å²) in [5.74, 6) is -0.931. The van der Waals surface area contributed by atoms with Crippen LogP contribution >= 0.6 is 0 Å². The first-order valence-electron chi connectivity index (χ1n) is 9.04. The van der Waals surface area contributed by atoms with Gasteiger partial charge in [0, 0.05) is 29.6 Å². The van der Waals surface area contributed by atoms with Crippen molar-refractivity contribution in [3.63, 3.8) is 0 Å². The summed E-state index contributed by atoms with van der Waals surface area (Å²) in [6, 6.07) is 8.37. The second-order valence-electron chi connectivity index (χ2n) is 6.61. The van der Waals surface area contributed by atoms with Crippen LogP contribution in [0.1, 0.15) is 17.5 Å². The van der Waals surface area contributed by atoms with Crippen LogP contribution < -0.4 is 10.3 Å². The molecule has 0 aliphatic carbocycles. The molecule has 0 saturated carbocycles. The summed E-state index contributed by atoms with van der Waals surface area (Å²) in [6.45, 7) is -0.727. The van der Waals surface area contributed by atoms with Gasteiger partial charge in [0.05, 0.1) is 16.9 Å². The standard InChI is InChI=1S/C20H16F3NO7S/c21-20(22,23)13-2-1-3-15(9-13)32(28,29)24-7-6-18(26)30-11-12-8-19(27)31-17-10-14(25)4-5-16(12)17/h1-5,8-10,24-25H,6-7,11H2. The van der Waals surface area contributed by atoms with Crippen molar-refractivity contribution in [2.24, 2.45) is 0 Å². The molecule has 170 valence electrons. The number of phenolic OH excluding ortho intramolecular Hbond substituents is 1. The lowest BCUT2D eigenvalue weighted by Gasteiger charge is -2.10. The van der Waals surface area contributed by atoms with Crippen LogP contribution in [0.3, 0.4) is 0 Å². The van der Waals surface area contributed by atoms with Crippen molar-refractivity contribution in [2.75, 3.05) is 6.54 Å². The zero-order valence-electron chi connectivity index (χ0n) is 16.2. The molecule has 3 rings (SSSR count). The minimum atomic E-state index is -4.70. The summed E-state index contributed by atoms with van der Waals surface area (Å²) in [5, 5.41) is 9.90. The number of aromatic hydroxyl groups is 1. The van der Waals surface area contributed by atoms with Crippen LogP contribution in [-0.2, 0) is 32.3 Å². The number of fused-ring (bicyclic) bond motifs is 1. The third kappa shape index (κ3) is 5.65. The molecule has 0 saturated heterocycles. The van der Waals surface area contributed by atoms with E-state index in [9.17, 15) is 36.3 Å². The normalized spacial score (nSPS) is 12.1. The van der Waals surface area contributed by atoms with Crippen LogP contribution in [0.15, 0.2) is 62.6 Å². The van der Waals surface area contributed by atoms with Crippen LogP contribution in [0, 0.1) is 0 Å². The van der Waals surface area contributed by atoms with Gasteiger partial charge in [-0.3, -0.25) is 4.79 Å². The number of carbonyl (C=O) groups is 1. The molecule has 8 nitrogen and oxygen atoms in total. The summed E-state index contributed by atoms with van der Waals surface area (Å²) in [5.41, 5.74) is -1.43. The van der Waals surface area contributed by atoms with Gasteiger partial charge >= 0.3 is 17.8 Å². The second kappa shape index (κ2) is 9.01. The Morgan fingerprint density at radius 1 is 1.12 bits per heavy atom. The van der Waals surface area contributed by atoms with Crippen LogP contribution in [-0.4, -0.2) is 26.0 Å². The summed E-state index contributed by atoms with van der Waals surface area (Å²) in [6.07, 6.45) is -5.11. The lowest BCUT2D eigenvalue weighted by atomic mass is 10.1. The zero-order valence-corrected chi connectivity index (χ0v) is 17.0. The van der Waals surface area contributed by atoms with Crippen molar-refractivity contribution >= 4 is 27.0 Å². The van der Waals surface area contributed by atoms with Gasteiger partial charge < -0.3 is 14.3 Å². The third-order valence-electron chi connectivity index (χ3n) is 4.30. The van der Waals surface area contributed by atoms with E-state index in [-0.39, 0.29) is 17.9 Å². The predicted molar refractivity (Wildman–Crippen MR) is 105 cm³/mol. The zero-order chi connectivity index (χ0) is 23.5. The molecule has 12 heteroatoms. The number of esters is 1. The number of sulfonamides is 1. The fourth-order valence-corrected chi connectivity index (χ4v) is 3.86. The van der Waals surface area contributed by atoms with Gasteiger partial charge in [0.25, 0.3) is 0 Å². The quantitative estimate of drug-likeness (QED) is 0.401. The van der Waals surface area contributed by atoms with Crippen molar-refractivity contribution in [1.82, 2.24) is 4.72 Å². The first-order valence-corrected chi connectivity index (χ1v) is 10.5. The number of ether oxygens (including phenoxy) is 1. The Balaban J connectivity index is 1.59. The Hall–Kier alpha value is -3.38. The highest BCUT2D eigenvalue weighted by atomic mass is 32.2. The number of hydrogen-bond donors (Lipinski definition) is 2. The molecule has 32 heavy (non-hydrogen) atoms. The molecule has 0 radical (unpaired) electrons. The van der Waals surface area contributed by atoms with E-state index in [1.165, 1.54) is 18.2 Å². The fraction of sp³-hybridized carbons (Fsp3) is 0.200. The average molecular weight is 471 g/mol. The molecule has 0 unspecified atom stereocenters. The first kappa shape index (κ1) is 23.3. The molecule has 0 fully saturated rings. The van der Waals surface area contributed by atoms with Crippen molar-refractivity contribution in [3.8, 4) is 5.75 Å². The van der Waals surface area contributed by atoms with E-state index in [0.29, 0.717) is 17.0 Å². The highest BCUT2D eigenvalue weighted by molar-refractivity contribution is 7.89.